The van der Waals surface area contributed by atoms with E-state index in [1.807, 2.05) is 13.8 Å². The van der Waals surface area contributed by atoms with Crippen LogP contribution >= 0.6 is 0 Å². The van der Waals surface area contributed by atoms with Gasteiger partial charge in [-0.2, -0.15) is 0 Å². The molecule has 3 fully saturated rings. The van der Waals surface area contributed by atoms with E-state index in [1.165, 1.54) is 4.46 Å². The van der Waals surface area contributed by atoms with Gasteiger partial charge in [0.1, 0.15) is 0 Å². The van der Waals surface area contributed by atoms with Crippen molar-refractivity contribution in [3.63, 3.8) is 0 Å². The van der Waals surface area contributed by atoms with Crippen molar-refractivity contribution in [1.29, 1.82) is 0 Å². The summed E-state index contributed by atoms with van der Waals surface area (Å²) in [6.07, 6.45) is 0.519. The van der Waals surface area contributed by atoms with Gasteiger partial charge in [0.25, 0.3) is 0 Å². The van der Waals surface area contributed by atoms with Gasteiger partial charge in [-0.15, -0.1) is 0 Å². The molecular weight excluding hydrogens is 423 g/mol. The maximum atomic E-state index is 6.79. The zero-order chi connectivity index (χ0) is 19.7. The third-order valence-electron chi connectivity index (χ3n) is 5.70. The molecule has 0 amide bonds. The van der Waals surface area contributed by atoms with E-state index < -0.39 is 24.4 Å². The van der Waals surface area contributed by atoms with Gasteiger partial charge in [-0.05, 0) is 0 Å². The third-order valence-corrected chi connectivity index (χ3v) is 9.91. The minimum absolute atomic E-state index is 0.0657. The molecule has 2 aliphatic heterocycles. The summed E-state index contributed by atoms with van der Waals surface area (Å²) in [6.45, 7) is 17.2. The molecule has 0 radical (unpaired) electrons. The van der Waals surface area contributed by atoms with Crippen molar-refractivity contribution in [1.82, 2.24) is 0 Å². The van der Waals surface area contributed by atoms with Gasteiger partial charge in [-0.3, -0.25) is 0 Å². The number of hydrogen-bond donors (Lipinski definition) is 0. The summed E-state index contributed by atoms with van der Waals surface area (Å²) in [6, 6.07) is 10.6. The summed E-state index contributed by atoms with van der Waals surface area (Å²) in [7, 11) is -1.84. The fourth-order valence-electron chi connectivity index (χ4n) is 4.67. The molecule has 4 rings (SSSR count). The first-order valence-electron chi connectivity index (χ1n) is 9.66. The predicted molar refractivity (Wildman–Crippen MR) is 110 cm³/mol. The summed E-state index contributed by atoms with van der Waals surface area (Å²) in [5, 5.41) is 0. The van der Waals surface area contributed by atoms with E-state index in [0.717, 1.165) is 12.0 Å². The number of fused-ring (bicyclic) bond motifs is 2. The summed E-state index contributed by atoms with van der Waals surface area (Å²) in [5.74, 6) is -0.762. The minimum atomic E-state index is -1.84. The average Bonchev–Trinajstić information content (AvgIpc) is 2.75. The van der Waals surface area contributed by atoms with Crippen molar-refractivity contribution in [2.45, 2.75) is 75.1 Å². The van der Waals surface area contributed by atoms with Crippen molar-refractivity contribution < 1.29 is 18.6 Å². The molecular formula is C21H30O4SeSi. The Kier molecular flexibility index (Phi) is 4.60. The van der Waals surface area contributed by atoms with Crippen LogP contribution in [0.4, 0.5) is 0 Å². The third kappa shape index (κ3) is 3.10. The Morgan fingerprint density at radius 3 is 2.48 bits per heavy atom. The number of rotatable bonds is 5. The van der Waals surface area contributed by atoms with Crippen LogP contribution in [-0.4, -0.2) is 51.6 Å². The SMILES string of the molecule is C=C(C)[C@]12C[C@@H](C)[C@@]3([Se]c4ccccc4)OC(C)(OC1[C@H]3O[Si](C)(C)C)O2. The maximum absolute atomic E-state index is 6.79. The van der Waals surface area contributed by atoms with Gasteiger partial charge in [-0.1, -0.05) is 0 Å². The summed E-state index contributed by atoms with van der Waals surface area (Å²) < 4.78 is 27.3. The monoisotopic (exact) mass is 454 g/mol. The second-order valence-corrected chi connectivity index (χ2v) is 16.4. The van der Waals surface area contributed by atoms with Crippen LogP contribution in [0.1, 0.15) is 27.2 Å². The normalized spacial score (nSPS) is 43.1. The van der Waals surface area contributed by atoms with Crippen LogP contribution in [0.2, 0.25) is 19.6 Å². The molecule has 2 saturated heterocycles. The first-order valence-corrected chi connectivity index (χ1v) is 14.8. The van der Waals surface area contributed by atoms with Gasteiger partial charge in [0.15, 0.2) is 0 Å². The molecule has 2 heterocycles. The van der Waals surface area contributed by atoms with E-state index in [0.29, 0.717) is 0 Å². The molecule has 3 bridgehead atoms. The fourth-order valence-corrected chi connectivity index (χ4v) is 8.91. The number of hydrogen-bond acceptors (Lipinski definition) is 4. The summed E-state index contributed by atoms with van der Waals surface area (Å²) in [4.78, 5) is 0. The number of benzene rings is 1. The van der Waals surface area contributed by atoms with Crippen molar-refractivity contribution in [3.05, 3.63) is 42.5 Å². The van der Waals surface area contributed by atoms with Crippen LogP contribution in [0, 0.1) is 5.92 Å². The molecule has 1 saturated carbocycles. The van der Waals surface area contributed by atoms with E-state index in [1.54, 1.807) is 0 Å². The molecule has 4 nitrogen and oxygen atoms in total. The van der Waals surface area contributed by atoms with Crippen LogP contribution in [0.5, 0.6) is 0 Å². The van der Waals surface area contributed by atoms with E-state index in [2.05, 4.69) is 63.5 Å². The van der Waals surface area contributed by atoms with Gasteiger partial charge in [-0.25, -0.2) is 0 Å². The molecule has 1 aliphatic carbocycles. The standard InChI is InChI=1S/C21H30O4SeSi/c1-14(2)20-13-15(3)21(26-16-11-9-8-10-12-16)18(23-27(5,6)7)17(20)22-19(4,24-20)25-21/h8-12,15,17-18H,1,13H2,2-7H3/t15-,17?,18-,19?,20-,21+/m1/s1. The second kappa shape index (κ2) is 6.27. The Balaban J connectivity index is 1.84. The Morgan fingerprint density at radius 1 is 1.22 bits per heavy atom. The van der Waals surface area contributed by atoms with Gasteiger partial charge in [0.05, 0.1) is 0 Å². The van der Waals surface area contributed by atoms with E-state index in [9.17, 15) is 0 Å². The molecule has 1 aromatic rings. The average molecular weight is 454 g/mol. The van der Waals surface area contributed by atoms with Crippen molar-refractivity contribution >= 4 is 27.7 Å². The van der Waals surface area contributed by atoms with Crippen LogP contribution in [0.25, 0.3) is 0 Å². The number of ether oxygens (including phenoxy) is 3. The van der Waals surface area contributed by atoms with E-state index in [-0.39, 0.29) is 33.1 Å². The quantitative estimate of drug-likeness (QED) is 0.506. The predicted octanol–water partition coefficient (Wildman–Crippen LogP) is 3.41. The molecule has 6 atom stereocenters. The molecule has 1 aromatic carbocycles. The van der Waals surface area contributed by atoms with Crippen LogP contribution in [0.15, 0.2) is 42.5 Å². The van der Waals surface area contributed by atoms with Crippen LogP contribution in [0.3, 0.4) is 0 Å². The summed E-state index contributed by atoms with van der Waals surface area (Å²) in [5.41, 5.74) is 0.462. The molecule has 0 spiro atoms. The van der Waals surface area contributed by atoms with Crippen LogP contribution < -0.4 is 4.46 Å². The van der Waals surface area contributed by atoms with Crippen molar-refractivity contribution in [2.75, 3.05) is 0 Å². The van der Waals surface area contributed by atoms with E-state index in [4.69, 9.17) is 18.6 Å². The van der Waals surface area contributed by atoms with Gasteiger partial charge < -0.3 is 0 Å². The molecule has 6 heteroatoms. The fraction of sp³-hybridized carbons (Fsp3) is 0.619. The Labute approximate surface area is 169 Å². The topological polar surface area (TPSA) is 36.9 Å². The zero-order valence-corrected chi connectivity index (χ0v) is 19.8. The second-order valence-electron chi connectivity index (χ2n) is 9.17. The molecule has 3 aliphatic rings. The zero-order valence-electron chi connectivity index (χ0n) is 17.1. The molecule has 148 valence electrons. The van der Waals surface area contributed by atoms with Crippen molar-refractivity contribution in [3.8, 4) is 0 Å². The van der Waals surface area contributed by atoms with Gasteiger partial charge in [0.2, 0.25) is 0 Å². The molecule has 2 unspecified atom stereocenters. The first-order chi connectivity index (χ1) is 12.5. The molecule has 0 N–H and O–H groups in total. The first kappa shape index (κ1) is 19.8. The Morgan fingerprint density at radius 2 is 1.89 bits per heavy atom. The Hall–Kier alpha value is -0.464. The molecule has 27 heavy (non-hydrogen) atoms. The van der Waals surface area contributed by atoms with Crippen LogP contribution in [-0.2, 0) is 18.6 Å². The van der Waals surface area contributed by atoms with E-state index >= 15 is 0 Å². The van der Waals surface area contributed by atoms with Gasteiger partial charge in [0, 0.05) is 0 Å². The van der Waals surface area contributed by atoms with Crippen molar-refractivity contribution in [2.24, 2.45) is 5.92 Å². The molecule has 0 aromatic heterocycles. The Bertz CT molecular complexity index is 750. The van der Waals surface area contributed by atoms with Gasteiger partial charge >= 0.3 is 170 Å². The summed E-state index contributed by atoms with van der Waals surface area (Å²) >= 11 is 0.0657.